The van der Waals surface area contributed by atoms with Gasteiger partial charge in [0.25, 0.3) is 0 Å². The van der Waals surface area contributed by atoms with E-state index in [0.717, 1.165) is 22.4 Å². The summed E-state index contributed by atoms with van der Waals surface area (Å²) in [6.45, 7) is 0. The van der Waals surface area contributed by atoms with Crippen LogP contribution in [0.15, 0.2) is 84.9 Å². The van der Waals surface area contributed by atoms with E-state index in [1.807, 2.05) is 48.5 Å². The Kier molecular flexibility index (Phi) is 4.44. The number of fused-ring (bicyclic) bond motifs is 1. The summed E-state index contributed by atoms with van der Waals surface area (Å²) in [5.41, 5.74) is 4.40. The number of hydrogen-bond acceptors (Lipinski definition) is 3. The van der Waals surface area contributed by atoms with Gasteiger partial charge < -0.3 is 10.1 Å². The van der Waals surface area contributed by atoms with Crippen LogP contribution in [0.1, 0.15) is 28.7 Å². The second kappa shape index (κ2) is 7.04. The number of anilines is 1. The van der Waals surface area contributed by atoms with Gasteiger partial charge in [-0.05, 0) is 22.8 Å². The van der Waals surface area contributed by atoms with E-state index in [1.54, 1.807) is 0 Å². The van der Waals surface area contributed by atoms with E-state index >= 15 is 0 Å². The van der Waals surface area contributed by atoms with Gasteiger partial charge in [-0.25, -0.2) is 0 Å². The van der Waals surface area contributed by atoms with E-state index in [0.29, 0.717) is 0 Å². The van der Waals surface area contributed by atoms with Crippen molar-refractivity contribution in [1.82, 2.24) is 0 Å². The molecule has 0 bridgehead atoms. The van der Waals surface area contributed by atoms with Crippen LogP contribution < -0.4 is 5.32 Å². The van der Waals surface area contributed by atoms with Gasteiger partial charge in [0.15, 0.2) is 0 Å². The minimum atomic E-state index is -0.348. The van der Waals surface area contributed by atoms with Crippen LogP contribution in [0.25, 0.3) is 0 Å². The lowest BCUT2D eigenvalue weighted by atomic mass is 9.72. The summed E-state index contributed by atoms with van der Waals surface area (Å²) in [6.07, 6.45) is 0. The molecule has 1 aliphatic heterocycles. The zero-order chi connectivity index (χ0) is 17.9. The minimum Gasteiger partial charge on any atom is -0.469 e. The number of benzene rings is 3. The third-order valence-corrected chi connectivity index (χ3v) is 5.12. The Hall–Kier alpha value is -3.07. The SMILES string of the molecule is COC(=O)[C@@H]1[C@H](c2ccccc2)c2ccccc2N[C@@H]1c1ccccc1. The van der Waals surface area contributed by atoms with Crippen LogP contribution in [0, 0.1) is 5.92 Å². The lowest BCUT2D eigenvalue weighted by Gasteiger charge is -2.39. The zero-order valence-electron chi connectivity index (χ0n) is 14.6. The van der Waals surface area contributed by atoms with Gasteiger partial charge in [-0.3, -0.25) is 4.79 Å². The molecule has 0 amide bonds. The van der Waals surface area contributed by atoms with Gasteiger partial charge in [0.2, 0.25) is 0 Å². The predicted molar refractivity (Wildman–Crippen MR) is 103 cm³/mol. The average Bonchev–Trinajstić information content (AvgIpc) is 2.73. The molecule has 0 unspecified atom stereocenters. The zero-order valence-corrected chi connectivity index (χ0v) is 14.6. The van der Waals surface area contributed by atoms with Crippen molar-refractivity contribution in [1.29, 1.82) is 0 Å². The molecule has 3 nitrogen and oxygen atoms in total. The van der Waals surface area contributed by atoms with Crippen LogP contribution >= 0.6 is 0 Å². The lowest BCUT2D eigenvalue weighted by Crippen LogP contribution is -2.38. The molecule has 0 saturated carbocycles. The molecule has 130 valence electrons. The number of esters is 1. The average molecular weight is 343 g/mol. The fourth-order valence-electron chi connectivity index (χ4n) is 3.95. The minimum absolute atomic E-state index is 0.0636. The van der Waals surface area contributed by atoms with Gasteiger partial charge in [0, 0.05) is 11.6 Å². The van der Waals surface area contributed by atoms with Gasteiger partial charge in [-0.1, -0.05) is 78.9 Å². The highest BCUT2D eigenvalue weighted by atomic mass is 16.5. The molecule has 3 aromatic rings. The highest BCUT2D eigenvalue weighted by molar-refractivity contribution is 5.79. The monoisotopic (exact) mass is 343 g/mol. The van der Waals surface area contributed by atoms with Gasteiger partial charge in [0.05, 0.1) is 19.1 Å². The van der Waals surface area contributed by atoms with E-state index in [-0.39, 0.29) is 23.8 Å². The second-order valence-corrected chi connectivity index (χ2v) is 6.56. The Morgan fingerprint density at radius 1 is 0.808 bits per heavy atom. The molecule has 0 aliphatic carbocycles. The van der Waals surface area contributed by atoms with Crippen LogP contribution in [0.5, 0.6) is 0 Å². The Labute approximate surface area is 153 Å². The lowest BCUT2D eigenvalue weighted by molar-refractivity contribution is -0.146. The van der Waals surface area contributed by atoms with Gasteiger partial charge in [0.1, 0.15) is 0 Å². The standard InChI is InChI=1S/C23H21NO2/c1-26-23(25)21-20(16-10-4-2-5-11-16)18-14-8-9-15-19(18)24-22(21)17-12-6-3-7-13-17/h2-15,20-22,24H,1H3/t20-,21-,22-/m1/s1. The molecule has 0 spiro atoms. The van der Waals surface area contributed by atoms with Gasteiger partial charge >= 0.3 is 5.97 Å². The Morgan fingerprint density at radius 3 is 2.04 bits per heavy atom. The van der Waals surface area contributed by atoms with Crippen molar-refractivity contribution in [3.05, 3.63) is 102 Å². The van der Waals surface area contributed by atoms with E-state index in [1.165, 1.54) is 7.11 Å². The fourth-order valence-corrected chi connectivity index (χ4v) is 3.95. The largest absolute Gasteiger partial charge is 0.469 e. The maximum absolute atomic E-state index is 12.9. The molecule has 0 fully saturated rings. The summed E-state index contributed by atoms with van der Waals surface area (Å²) < 4.78 is 5.23. The van der Waals surface area contributed by atoms with Gasteiger partial charge in [-0.2, -0.15) is 0 Å². The molecule has 0 aromatic heterocycles. The van der Waals surface area contributed by atoms with Crippen LogP contribution in [-0.2, 0) is 9.53 Å². The number of ether oxygens (including phenoxy) is 1. The number of carbonyl (C=O) groups excluding carboxylic acids is 1. The van der Waals surface area contributed by atoms with E-state index < -0.39 is 0 Å². The summed E-state index contributed by atoms with van der Waals surface area (Å²) in [5, 5.41) is 3.58. The van der Waals surface area contributed by atoms with Crippen LogP contribution in [0.2, 0.25) is 0 Å². The summed E-state index contributed by atoms with van der Waals surface area (Å²) >= 11 is 0. The molecule has 0 radical (unpaired) electrons. The maximum Gasteiger partial charge on any atom is 0.312 e. The highest BCUT2D eigenvalue weighted by Crippen LogP contribution is 2.48. The number of rotatable bonds is 3. The molecular weight excluding hydrogens is 322 g/mol. The molecule has 3 heteroatoms. The van der Waals surface area contributed by atoms with Gasteiger partial charge in [-0.15, -0.1) is 0 Å². The molecule has 3 aromatic carbocycles. The van der Waals surface area contributed by atoms with Crippen LogP contribution in [0.3, 0.4) is 0 Å². The summed E-state index contributed by atoms with van der Waals surface area (Å²) in [5.74, 6) is -0.610. The second-order valence-electron chi connectivity index (χ2n) is 6.56. The van der Waals surface area contributed by atoms with Crippen molar-refractivity contribution in [2.24, 2.45) is 5.92 Å². The molecule has 3 atom stereocenters. The van der Waals surface area contributed by atoms with Crippen molar-refractivity contribution in [3.8, 4) is 0 Å². The van der Waals surface area contributed by atoms with Crippen LogP contribution in [-0.4, -0.2) is 13.1 Å². The number of methoxy groups -OCH3 is 1. The molecule has 1 N–H and O–H groups in total. The summed E-state index contributed by atoms with van der Waals surface area (Å²) in [6, 6.07) is 28.4. The Bertz CT molecular complexity index is 892. The van der Waals surface area contributed by atoms with E-state index in [2.05, 4.69) is 41.7 Å². The first-order chi connectivity index (χ1) is 12.8. The Morgan fingerprint density at radius 2 is 1.38 bits per heavy atom. The molecular formula is C23H21NO2. The topological polar surface area (TPSA) is 38.3 Å². The normalized spacial score (nSPS) is 21.3. The number of hydrogen-bond donors (Lipinski definition) is 1. The highest BCUT2D eigenvalue weighted by Gasteiger charge is 2.43. The number of nitrogens with one attached hydrogen (secondary N) is 1. The smallest absolute Gasteiger partial charge is 0.312 e. The van der Waals surface area contributed by atoms with Crippen molar-refractivity contribution in [2.45, 2.75) is 12.0 Å². The molecule has 0 saturated heterocycles. The van der Waals surface area contributed by atoms with Crippen molar-refractivity contribution in [3.63, 3.8) is 0 Å². The van der Waals surface area contributed by atoms with E-state index in [9.17, 15) is 4.79 Å². The third-order valence-electron chi connectivity index (χ3n) is 5.12. The van der Waals surface area contributed by atoms with Crippen LogP contribution in [0.4, 0.5) is 5.69 Å². The number of para-hydroxylation sites is 1. The molecule has 1 heterocycles. The van der Waals surface area contributed by atoms with Crippen molar-refractivity contribution < 1.29 is 9.53 Å². The molecule has 4 rings (SSSR count). The fraction of sp³-hybridized carbons (Fsp3) is 0.174. The first kappa shape index (κ1) is 16.4. The van der Waals surface area contributed by atoms with E-state index in [4.69, 9.17) is 4.74 Å². The maximum atomic E-state index is 12.9. The molecule has 26 heavy (non-hydrogen) atoms. The quantitative estimate of drug-likeness (QED) is 0.696. The first-order valence-corrected chi connectivity index (χ1v) is 8.83. The predicted octanol–water partition coefficient (Wildman–Crippen LogP) is 4.77. The summed E-state index contributed by atoms with van der Waals surface area (Å²) in [7, 11) is 1.47. The molecule has 1 aliphatic rings. The summed E-state index contributed by atoms with van der Waals surface area (Å²) in [4.78, 5) is 12.9. The number of carbonyl (C=O) groups is 1. The third kappa shape index (κ3) is 2.86. The van der Waals surface area contributed by atoms with Crippen molar-refractivity contribution >= 4 is 11.7 Å². The Balaban J connectivity index is 1.91. The first-order valence-electron chi connectivity index (χ1n) is 8.83. The van der Waals surface area contributed by atoms with Crippen molar-refractivity contribution in [2.75, 3.05) is 12.4 Å².